The van der Waals surface area contributed by atoms with Gasteiger partial charge < -0.3 is 4.52 Å². The van der Waals surface area contributed by atoms with Crippen molar-refractivity contribution in [1.82, 2.24) is 10.1 Å². The second-order valence-corrected chi connectivity index (χ2v) is 4.72. The molecule has 0 spiro atoms. The van der Waals surface area contributed by atoms with Crippen molar-refractivity contribution in [3.05, 3.63) is 47.1 Å². The molecular weight excluding hydrogens is 224 g/mol. The summed E-state index contributed by atoms with van der Waals surface area (Å²) in [5.41, 5.74) is 2.68. The molecule has 1 aliphatic carbocycles. The van der Waals surface area contributed by atoms with E-state index in [1.54, 1.807) is 0 Å². The minimum absolute atomic E-state index is 0.225. The molecule has 1 aromatic carbocycles. The standard InChI is InChI=1S/C12H11ClN2O/c1-7(13)12-14-11(15-16-12)10-6-8-4-2-3-5-9(8)10/h2-5,7,10H,6H2,1H3. The predicted molar refractivity (Wildman–Crippen MR) is 60.6 cm³/mol. The molecule has 0 N–H and O–H groups in total. The van der Waals surface area contributed by atoms with Crippen molar-refractivity contribution < 1.29 is 4.52 Å². The number of hydrogen-bond donors (Lipinski definition) is 0. The van der Waals surface area contributed by atoms with Crippen molar-refractivity contribution >= 4 is 11.6 Å². The Morgan fingerprint density at radius 3 is 2.94 bits per heavy atom. The van der Waals surface area contributed by atoms with E-state index in [-0.39, 0.29) is 11.3 Å². The summed E-state index contributed by atoms with van der Waals surface area (Å²) in [5.74, 6) is 1.53. The number of aromatic nitrogens is 2. The van der Waals surface area contributed by atoms with E-state index in [1.165, 1.54) is 11.1 Å². The zero-order valence-electron chi connectivity index (χ0n) is 8.85. The van der Waals surface area contributed by atoms with Gasteiger partial charge >= 0.3 is 0 Å². The van der Waals surface area contributed by atoms with E-state index in [1.807, 2.05) is 13.0 Å². The van der Waals surface area contributed by atoms with Gasteiger partial charge in [0, 0.05) is 0 Å². The highest BCUT2D eigenvalue weighted by molar-refractivity contribution is 6.20. The first kappa shape index (κ1) is 9.85. The van der Waals surface area contributed by atoms with Crippen LogP contribution in [-0.2, 0) is 6.42 Å². The second-order valence-electron chi connectivity index (χ2n) is 4.06. The van der Waals surface area contributed by atoms with Gasteiger partial charge in [0.05, 0.1) is 5.92 Å². The van der Waals surface area contributed by atoms with Gasteiger partial charge in [-0.25, -0.2) is 0 Å². The normalized spacial score (nSPS) is 20.0. The topological polar surface area (TPSA) is 38.9 Å². The fourth-order valence-corrected chi connectivity index (χ4v) is 2.13. The van der Waals surface area contributed by atoms with E-state index < -0.39 is 0 Å². The van der Waals surface area contributed by atoms with Crippen LogP contribution in [0.15, 0.2) is 28.8 Å². The SMILES string of the molecule is CC(Cl)c1nc(C2Cc3ccccc32)no1. The Hall–Kier alpha value is -1.35. The monoisotopic (exact) mass is 234 g/mol. The number of rotatable bonds is 2. The lowest BCUT2D eigenvalue weighted by molar-refractivity contribution is 0.370. The predicted octanol–water partition coefficient (Wildman–Crippen LogP) is 3.06. The third-order valence-corrected chi connectivity index (χ3v) is 3.15. The maximum atomic E-state index is 5.89. The summed E-state index contributed by atoms with van der Waals surface area (Å²) in [6.45, 7) is 1.83. The van der Waals surface area contributed by atoms with Crippen LogP contribution in [0.25, 0.3) is 0 Å². The average Bonchev–Trinajstić information content (AvgIpc) is 2.69. The van der Waals surface area contributed by atoms with Crippen LogP contribution in [0.2, 0.25) is 0 Å². The van der Waals surface area contributed by atoms with Crippen molar-refractivity contribution in [2.24, 2.45) is 0 Å². The molecule has 0 radical (unpaired) electrons. The smallest absolute Gasteiger partial charge is 0.244 e. The molecular formula is C12H11ClN2O. The van der Waals surface area contributed by atoms with Crippen molar-refractivity contribution in [2.45, 2.75) is 24.6 Å². The second kappa shape index (κ2) is 3.59. The van der Waals surface area contributed by atoms with Crippen LogP contribution >= 0.6 is 11.6 Å². The summed E-state index contributed by atoms with van der Waals surface area (Å²) in [5, 5.41) is 3.76. The minimum atomic E-state index is -0.225. The average molecular weight is 235 g/mol. The summed E-state index contributed by atoms with van der Waals surface area (Å²) >= 11 is 5.89. The Labute approximate surface area is 98.4 Å². The molecule has 1 heterocycles. The van der Waals surface area contributed by atoms with Crippen molar-refractivity contribution in [3.63, 3.8) is 0 Å². The molecule has 3 nitrogen and oxygen atoms in total. The van der Waals surface area contributed by atoms with Crippen molar-refractivity contribution in [3.8, 4) is 0 Å². The lowest BCUT2D eigenvalue weighted by atomic mass is 9.77. The van der Waals surface area contributed by atoms with Gasteiger partial charge in [-0.2, -0.15) is 4.98 Å². The lowest BCUT2D eigenvalue weighted by Gasteiger charge is -2.27. The fourth-order valence-electron chi connectivity index (χ4n) is 2.04. The highest BCUT2D eigenvalue weighted by Crippen LogP contribution is 2.38. The zero-order valence-corrected chi connectivity index (χ0v) is 9.61. The molecule has 1 aliphatic rings. The van der Waals surface area contributed by atoms with Crippen LogP contribution < -0.4 is 0 Å². The molecule has 1 aromatic heterocycles. The largest absolute Gasteiger partial charge is 0.338 e. The number of hydrogen-bond acceptors (Lipinski definition) is 3. The van der Waals surface area contributed by atoms with Gasteiger partial charge in [0.1, 0.15) is 5.38 Å². The van der Waals surface area contributed by atoms with E-state index in [2.05, 4.69) is 28.3 Å². The van der Waals surface area contributed by atoms with Gasteiger partial charge in [-0.05, 0) is 24.5 Å². The van der Waals surface area contributed by atoms with Crippen LogP contribution in [0.3, 0.4) is 0 Å². The quantitative estimate of drug-likeness (QED) is 0.750. The van der Waals surface area contributed by atoms with Crippen molar-refractivity contribution in [2.75, 3.05) is 0 Å². The zero-order chi connectivity index (χ0) is 11.1. The van der Waals surface area contributed by atoms with E-state index in [0.717, 1.165) is 12.2 Å². The number of alkyl halides is 1. The molecule has 0 bridgehead atoms. The summed E-state index contributed by atoms with van der Waals surface area (Å²) < 4.78 is 5.10. The van der Waals surface area contributed by atoms with E-state index in [0.29, 0.717) is 5.89 Å². The Balaban J connectivity index is 1.91. The van der Waals surface area contributed by atoms with Gasteiger partial charge in [-0.3, -0.25) is 0 Å². The van der Waals surface area contributed by atoms with Crippen LogP contribution in [0.5, 0.6) is 0 Å². The molecule has 2 atom stereocenters. The number of fused-ring (bicyclic) bond motifs is 1. The Morgan fingerprint density at radius 1 is 1.44 bits per heavy atom. The number of benzene rings is 1. The number of halogens is 1. The summed E-state index contributed by atoms with van der Waals surface area (Å²) in [6.07, 6.45) is 0.992. The molecule has 3 rings (SSSR count). The van der Waals surface area contributed by atoms with Gasteiger partial charge in [-0.1, -0.05) is 29.4 Å². The molecule has 2 aromatic rings. The summed E-state index contributed by atoms with van der Waals surface area (Å²) in [4.78, 5) is 4.32. The first-order valence-electron chi connectivity index (χ1n) is 5.31. The molecule has 2 unspecified atom stereocenters. The first-order chi connectivity index (χ1) is 7.75. The van der Waals surface area contributed by atoms with Gasteiger partial charge in [0.25, 0.3) is 0 Å². The lowest BCUT2D eigenvalue weighted by Crippen LogP contribution is -2.19. The molecule has 16 heavy (non-hydrogen) atoms. The highest BCUT2D eigenvalue weighted by Gasteiger charge is 2.31. The molecule has 82 valence electrons. The third-order valence-electron chi connectivity index (χ3n) is 2.96. The van der Waals surface area contributed by atoms with Gasteiger partial charge in [-0.15, -0.1) is 11.6 Å². The highest BCUT2D eigenvalue weighted by atomic mass is 35.5. The maximum Gasteiger partial charge on any atom is 0.244 e. The van der Waals surface area contributed by atoms with Crippen LogP contribution in [0.1, 0.15) is 41.1 Å². The van der Waals surface area contributed by atoms with Crippen LogP contribution in [-0.4, -0.2) is 10.1 Å². The summed E-state index contributed by atoms with van der Waals surface area (Å²) in [7, 11) is 0. The van der Waals surface area contributed by atoms with E-state index >= 15 is 0 Å². The Kier molecular flexibility index (Phi) is 2.21. The maximum absolute atomic E-state index is 5.89. The number of nitrogens with zero attached hydrogens (tertiary/aromatic N) is 2. The molecule has 0 saturated carbocycles. The van der Waals surface area contributed by atoms with Crippen LogP contribution in [0.4, 0.5) is 0 Å². The molecule has 0 amide bonds. The van der Waals surface area contributed by atoms with Crippen molar-refractivity contribution in [1.29, 1.82) is 0 Å². The fraction of sp³-hybridized carbons (Fsp3) is 0.333. The molecule has 0 fully saturated rings. The Morgan fingerprint density at radius 2 is 2.25 bits per heavy atom. The third kappa shape index (κ3) is 1.43. The molecule has 0 aliphatic heterocycles. The molecule has 0 saturated heterocycles. The Bertz CT molecular complexity index is 521. The minimum Gasteiger partial charge on any atom is -0.338 e. The molecule has 4 heteroatoms. The van der Waals surface area contributed by atoms with Gasteiger partial charge in [0.2, 0.25) is 5.89 Å². The van der Waals surface area contributed by atoms with Crippen LogP contribution in [0, 0.1) is 0 Å². The summed E-state index contributed by atoms with van der Waals surface area (Å²) in [6, 6.07) is 8.34. The van der Waals surface area contributed by atoms with E-state index in [4.69, 9.17) is 16.1 Å². The van der Waals surface area contributed by atoms with E-state index in [9.17, 15) is 0 Å². The van der Waals surface area contributed by atoms with Gasteiger partial charge in [0.15, 0.2) is 5.82 Å². The first-order valence-corrected chi connectivity index (χ1v) is 5.74.